The summed E-state index contributed by atoms with van der Waals surface area (Å²) < 4.78 is 6.27. The molecule has 32 heavy (non-hydrogen) atoms. The molecular formula is C25H21N3O3S. The van der Waals surface area contributed by atoms with Gasteiger partial charge in [0.05, 0.1) is 29.8 Å². The van der Waals surface area contributed by atoms with Crippen molar-refractivity contribution < 1.29 is 14.3 Å². The fourth-order valence-corrected chi connectivity index (χ4v) is 4.96. The van der Waals surface area contributed by atoms with Crippen molar-refractivity contribution in [3.05, 3.63) is 83.9 Å². The lowest BCUT2D eigenvalue weighted by Crippen LogP contribution is -2.38. The molecule has 0 radical (unpaired) electrons. The molecule has 1 aromatic heterocycles. The van der Waals surface area contributed by atoms with Gasteiger partial charge in [-0.1, -0.05) is 59.9 Å². The number of para-hydroxylation sites is 1. The Morgan fingerprint density at radius 2 is 1.91 bits per heavy atom. The summed E-state index contributed by atoms with van der Waals surface area (Å²) in [5, 5.41) is 3.47. The lowest BCUT2D eigenvalue weighted by atomic mass is 9.89. The maximum atomic E-state index is 13.9. The van der Waals surface area contributed by atoms with E-state index in [4.69, 9.17) is 9.72 Å². The van der Waals surface area contributed by atoms with E-state index in [1.807, 2.05) is 72.8 Å². The van der Waals surface area contributed by atoms with E-state index in [0.29, 0.717) is 17.4 Å². The first-order chi connectivity index (χ1) is 15.6. The molecule has 0 saturated carbocycles. The van der Waals surface area contributed by atoms with Gasteiger partial charge in [-0.15, -0.1) is 0 Å². The van der Waals surface area contributed by atoms with Crippen LogP contribution in [-0.2, 0) is 16.1 Å². The predicted octanol–water partition coefficient (Wildman–Crippen LogP) is 4.96. The molecule has 3 aromatic carbocycles. The smallest absolute Gasteiger partial charge is 0.237 e. The molecule has 0 saturated heterocycles. The van der Waals surface area contributed by atoms with Gasteiger partial charge in [0.25, 0.3) is 0 Å². The first-order valence-electron chi connectivity index (χ1n) is 10.3. The van der Waals surface area contributed by atoms with Crippen LogP contribution < -0.4 is 15.0 Å². The summed E-state index contributed by atoms with van der Waals surface area (Å²) in [6.07, 6.45) is 0.111. The molecule has 2 amide bonds. The summed E-state index contributed by atoms with van der Waals surface area (Å²) in [5.74, 6) is -0.116. The minimum absolute atomic E-state index is 0.111. The number of methoxy groups -OCH3 is 1. The molecule has 2 heterocycles. The number of aromatic nitrogens is 1. The maximum Gasteiger partial charge on any atom is 0.237 e. The second-order valence-electron chi connectivity index (χ2n) is 7.63. The van der Waals surface area contributed by atoms with Crippen LogP contribution in [0.1, 0.15) is 23.5 Å². The second-order valence-corrected chi connectivity index (χ2v) is 8.64. The Morgan fingerprint density at radius 1 is 1.12 bits per heavy atom. The monoisotopic (exact) mass is 443 g/mol. The standard InChI is InChI=1S/C25H21N3O3S/c1-31-17-11-12-21-22(13-17)32-25(27-21)28(15-16-7-3-2-4-8-16)24(30)19-14-23(29)26-20-10-6-5-9-18(19)20/h2-13,19H,14-15H2,1H3,(H,26,29). The summed E-state index contributed by atoms with van der Waals surface area (Å²) in [6.45, 7) is 0.372. The van der Waals surface area contributed by atoms with Gasteiger partial charge in [0, 0.05) is 12.1 Å². The summed E-state index contributed by atoms with van der Waals surface area (Å²) in [6, 6.07) is 23.0. The molecule has 7 heteroatoms. The fraction of sp³-hybridized carbons (Fsp3) is 0.160. The molecule has 5 rings (SSSR count). The third-order valence-corrected chi connectivity index (χ3v) is 6.60. The minimum atomic E-state index is -0.565. The van der Waals surface area contributed by atoms with Gasteiger partial charge < -0.3 is 10.1 Å². The first kappa shape index (κ1) is 20.2. The van der Waals surface area contributed by atoms with Crippen molar-refractivity contribution in [3.63, 3.8) is 0 Å². The zero-order valence-electron chi connectivity index (χ0n) is 17.4. The molecule has 0 fully saturated rings. The lowest BCUT2D eigenvalue weighted by molar-refractivity contribution is -0.124. The molecule has 0 aliphatic carbocycles. The topological polar surface area (TPSA) is 71.5 Å². The molecule has 6 nitrogen and oxygen atoms in total. The molecule has 1 atom stereocenters. The molecule has 1 N–H and O–H groups in total. The summed E-state index contributed by atoms with van der Waals surface area (Å²) in [5.41, 5.74) is 3.32. The van der Waals surface area contributed by atoms with Crippen molar-refractivity contribution in [2.24, 2.45) is 0 Å². The SMILES string of the molecule is COc1ccc2nc(N(Cc3ccccc3)C(=O)C3CC(=O)Nc4ccccc43)sc2c1. The second kappa shape index (κ2) is 8.43. The number of ether oxygens (including phenoxy) is 1. The van der Waals surface area contributed by atoms with Gasteiger partial charge >= 0.3 is 0 Å². The highest BCUT2D eigenvalue weighted by molar-refractivity contribution is 7.22. The van der Waals surface area contributed by atoms with E-state index < -0.39 is 5.92 Å². The van der Waals surface area contributed by atoms with Crippen LogP contribution >= 0.6 is 11.3 Å². The number of nitrogens with zero attached hydrogens (tertiary/aromatic N) is 2. The van der Waals surface area contributed by atoms with Gasteiger partial charge in [0.1, 0.15) is 5.75 Å². The van der Waals surface area contributed by atoms with Crippen molar-refractivity contribution in [2.75, 3.05) is 17.3 Å². The number of hydrogen-bond donors (Lipinski definition) is 1. The molecule has 1 aliphatic heterocycles. The van der Waals surface area contributed by atoms with Gasteiger partial charge in [-0.3, -0.25) is 14.5 Å². The Bertz CT molecular complexity index is 1300. The minimum Gasteiger partial charge on any atom is -0.497 e. The van der Waals surface area contributed by atoms with E-state index >= 15 is 0 Å². The Morgan fingerprint density at radius 3 is 2.72 bits per heavy atom. The molecule has 0 bridgehead atoms. The summed E-state index contributed by atoms with van der Waals surface area (Å²) in [7, 11) is 1.62. The summed E-state index contributed by atoms with van der Waals surface area (Å²) in [4.78, 5) is 32.7. The molecule has 4 aromatic rings. The highest BCUT2D eigenvalue weighted by Gasteiger charge is 2.35. The van der Waals surface area contributed by atoms with Crippen LogP contribution in [0.3, 0.4) is 0 Å². The number of hydrogen-bond acceptors (Lipinski definition) is 5. The average Bonchev–Trinajstić information content (AvgIpc) is 3.25. The largest absolute Gasteiger partial charge is 0.497 e. The van der Waals surface area contributed by atoms with Crippen LogP contribution in [0.5, 0.6) is 5.75 Å². The highest BCUT2D eigenvalue weighted by atomic mass is 32.1. The van der Waals surface area contributed by atoms with Crippen molar-refractivity contribution in [1.82, 2.24) is 4.98 Å². The zero-order valence-corrected chi connectivity index (χ0v) is 18.3. The number of anilines is 2. The number of thiazole rings is 1. The van der Waals surface area contributed by atoms with Crippen molar-refractivity contribution in [1.29, 1.82) is 0 Å². The Kier molecular flexibility index (Phi) is 5.33. The normalized spacial score (nSPS) is 15.2. The van der Waals surface area contributed by atoms with E-state index in [0.717, 1.165) is 27.1 Å². The van der Waals surface area contributed by atoms with E-state index in [2.05, 4.69) is 5.32 Å². The van der Waals surface area contributed by atoms with Gasteiger partial charge in [0.15, 0.2) is 5.13 Å². The van der Waals surface area contributed by atoms with Crippen molar-refractivity contribution in [3.8, 4) is 5.75 Å². The van der Waals surface area contributed by atoms with Crippen LogP contribution in [0.25, 0.3) is 10.2 Å². The zero-order chi connectivity index (χ0) is 22.1. The van der Waals surface area contributed by atoms with Gasteiger partial charge in [-0.2, -0.15) is 0 Å². The van der Waals surface area contributed by atoms with Crippen LogP contribution in [0.15, 0.2) is 72.8 Å². The number of amides is 2. The number of benzene rings is 3. The fourth-order valence-electron chi connectivity index (χ4n) is 3.96. The molecule has 160 valence electrons. The molecule has 1 aliphatic rings. The van der Waals surface area contributed by atoms with Gasteiger partial charge in [0.2, 0.25) is 11.8 Å². The van der Waals surface area contributed by atoms with Crippen LogP contribution in [-0.4, -0.2) is 23.9 Å². The third-order valence-electron chi connectivity index (χ3n) is 5.56. The summed E-state index contributed by atoms with van der Waals surface area (Å²) >= 11 is 1.44. The van der Waals surface area contributed by atoms with E-state index in [1.165, 1.54) is 11.3 Å². The van der Waals surface area contributed by atoms with Crippen LogP contribution in [0.2, 0.25) is 0 Å². The van der Waals surface area contributed by atoms with Crippen molar-refractivity contribution in [2.45, 2.75) is 18.9 Å². The Balaban J connectivity index is 1.57. The Hall–Kier alpha value is -3.71. The molecular weight excluding hydrogens is 422 g/mol. The number of carbonyl (C=O) groups is 2. The average molecular weight is 444 g/mol. The maximum absolute atomic E-state index is 13.9. The van der Waals surface area contributed by atoms with E-state index in [-0.39, 0.29) is 18.2 Å². The van der Waals surface area contributed by atoms with Crippen LogP contribution in [0, 0.1) is 0 Å². The number of fused-ring (bicyclic) bond motifs is 2. The third kappa shape index (κ3) is 3.83. The first-order valence-corrected chi connectivity index (χ1v) is 11.1. The predicted molar refractivity (Wildman–Crippen MR) is 126 cm³/mol. The number of rotatable bonds is 5. The molecule has 1 unspecified atom stereocenters. The van der Waals surface area contributed by atoms with Gasteiger partial charge in [-0.05, 0) is 35.4 Å². The van der Waals surface area contributed by atoms with Crippen LogP contribution in [0.4, 0.5) is 10.8 Å². The van der Waals surface area contributed by atoms with Gasteiger partial charge in [-0.25, -0.2) is 4.98 Å². The van der Waals surface area contributed by atoms with E-state index in [9.17, 15) is 9.59 Å². The number of carbonyl (C=O) groups excluding carboxylic acids is 2. The number of nitrogens with one attached hydrogen (secondary N) is 1. The lowest BCUT2D eigenvalue weighted by Gasteiger charge is -2.29. The quantitative estimate of drug-likeness (QED) is 0.473. The highest BCUT2D eigenvalue weighted by Crippen LogP contribution is 2.37. The van der Waals surface area contributed by atoms with E-state index in [1.54, 1.807) is 12.0 Å². The van der Waals surface area contributed by atoms with Crippen molar-refractivity contribution >= 4 is 44.2 Å². The molecule has 0 spiro atoms. The Labute approximate surface area is 189 Å².